The third kappa shape index (κ3) is 4.10. The SMILES string of the molecule is CCOC(=O)c1c(/N=C/c2cc(Cl)cc(OC)c2O)sc2c1CC[NH+](C)C2. The van der Waals surface area contributed by atoms with Crippen LogP contribution in [0.1, 0.15) is 33.3 Å². The van der Waals surface area contributed by atoms with Crippen LogP contribution in [0.4, 0.5) is 5.00 Å². The van der Waals surface area contributed by atoms with Crippen molar-refractivity contribution in [2.24, 2.45) is 4.99 Å². The fraction of sp³-hybridized carbons (Fsp3) is 0.368. The Kier molecular flexibility index (Phi) is 6.04. The summed E-state index contributed by atoms with van der Waals surface area (Å²) in [6.45, 7) is 3.92. The zero-order valence-electron chi connectivity index (χ0n) is 15.5. The molecule has 6 nitrogen and oxygen atoms in total. The van der Waals surface area contributed by atoms with E-state index in [4.69, 9.17) is 21.1 Å². The first-order valence-electron chi connectivity index (χ1n) is 8.68. The molecule has 8 heteroatoms. The molecule has 2 N–H and O–H groups in total. The zero-order valence-corrected chi connectivity index (χ0v) is 17.0. The van der Waals surface area contributed by atoms with Crippen LogP contribution in [0, 0.1) is 0 Å². The highest BCUT2D eigenvalue weighted by Crippen LogP contribution is 2.38. The topological polar surface area (TPSA) is 72.6 Å². The van der Waals surface area contributed by atoms with Gasteiger partial charge in [-0.2, -0.15) is 0 Å². The van der Waals surface area contributed by atoms with Gasteiger partial charge >= 0.3 is 5.97 Å². The number of hydrogen-bond acceptors (Lipinski definition) is 6. The Morgan fingerprint density at radius 2 is 2.26 bits per heavy atom. The smallest absolute Gasteiger partial charge is 0.341 e. The maximum atomic E-state index is 12.5. The minimum atomic E-state index is -0.352. The summed E-state index contributed by atoms with van der Waals surface area (Å²) in [7, 11) is 3.59. The maximum absolute atomic E-state index is 12.5. The molecule has 2 aromatic rings. The van der Waals surface area contributed by atoms with Crippen molar-refractivity contribution < 1.29 is 24.3 Å². The Bertz CT molecular complexity index is 894. The van der Waals surface area contributed by atoms with Gasteiger partial charge in [0.25, 0.3) is 0 Å². The van der Waals surface area contributed by atoms with Crippen LogP contribution < -0.4 is 9.64 Å². The number of likely N-dealkylation sites (N-methyl/N-ethyl adjacent to an activating group) is 1. The number of aliphatic imine (C=N–C) groups is 1. The summed E-state index contributed by atoms with van der Waals surface area (Å²) >= 11 is 7.57. The zero-order chi connectivity index (χ0) is 19.6. The number of benzene rings is 1. The van der Waals surface area contributed by atoms with Crippen LogP contribution in [-0.2, 0) is 17.7 Å². The second kappa shape index (κ2) is 8.29. The molecule has 1 atom stereocenters. The van der Waals surface area contributed by atoms with E-state index in [2.05, 4.69) is 12.0 Å². The van der Waals surface area contributed by atoms with Crippen molar-refractivity contribution in [3.8, 4) is 11.5 Å². The predicted molar refractivity (Wildman–Crippen MR) is 106 cm³/mol. The van der Waals surface area contributed by atoms with Gasteiger partial charge in [-0.3, -0.25) is 0 Å². The molecule has 0 aliphatic carbocycles. The first-order valence-corrected chi connectivity index (χ1v) is 9.87. The van der Waals surface area contributed by atoms with Crippen molar-refractivity contribution in [2.45, 2.75) is 19.9 Å². The standard InChI is InChI=1S/C19H21ClN2O4S/c1-4-26-19(24)16-13-5-6-22(2)10-15(13)27-18(16)21-9-11-7-12(20)8-14(25-3)17(11)23/h7-9,23H,4-6,10H2,1-3H3/p+1/b21-9+. The molecular formula is C19H22ClN2O4S+. The summed E-state index contributed by atoms with van der Waals surface area (Å²) in [6, 6.07) is 3.12. The first-order chi connectivity index (χ1) is 12.9. The van der Waals surface area contributed by atoms with E-state index in [1.807, 2.05) is 0 Å². The number of methoxy groups -OCH3 is 1. The number of hydrogen-bond donors (Lipinski definition) is 2. The number of thiophene rings is 1. The summed E-state index contributed by atoms with van der Waals surface area (Å²) in [4.78, 5) is 19.6. The quantitative estimate of drug-likeness (QED) is 0.588. The number of nitrogens with zero attached hydrogens (tertiary/aromatic N) is 1. The third-order valence-corrected chi connectivity index (χ3v) is 5.78. The summed E-state index contributed by atoms with van der Waals surface area (Å²) in [6.07, 6.45) is 2.32. The summed E-state index contributed by atoms with van der Waals surface area (Å²) < 4.78 is 10.4. The fourth-order valence-corrected chi connectivity index (χ4v) is 4.60. The van der Waals surface area contributed by atoms with Gasteiger partial charge in [0, 0.05) is 29.3 Å². The molecule has 27 heavy (non-hydrogen) atoms. The van der Waals surface area contributed by atoms with Crippen LogP contribution in [-0.4, -0.2) is 44.6 Å². The Labute approximate surface area is 167 Å². The minimum absolute atomic E-state index is 0.0474. The maximum Gasteiger partial charge on any atom is 0.341 e. The molecule has 0 saturated heterocycles. The molecule has 3 rings (SSSR count). The van der Waals surface area contributed by atoms with E-state index in [1.54, 1.807) is 13.0 Å². The molecule has 1 aliphatic rings. The Morgan fingerprint density at radius 1 is 1.48 bits per heavy atom. The minimum Gasteiger partial charge on any atom is -0.504 e. The first kappa shape index (κ1) is 19.7. The molecular weight excluding hydrogens is 388 g/mol. The van der Waals surface area contributed by atoms with Crippen LogP contribution in [0.2, 0.25) is 5.02 Å². The van der Waals surface area contributed by atoms with Gasteiger partial charge in [-0.25, -0.2) is 9.79 Å². The Hall–Kier alpha value is -2.09. The number of fused-ring (bicyclic) bond motifs is 1. The molecule has 0 amide bonds. The highest BCUT2D eigenvalue weighted by atomic mass is 35.5. The third-order valence-electron chi connectivity index (χ3n) is 4.43. The molecule has 1 unspecified atom stereocenters. The lowest BCUT2D eigenvalue weighted by atomic mass is 10.0. The largest absolute Gasteiger partial charge is 0.504 e. The van der Waals surface area contributed by atoms with Gasteiger partial charge in [-0.05, 0) is 18.6 Å². The van der Waals surface area contributed by atoms with Crippen LogP contribution in [0.15, 0.2) is 17.1 Å². The molecule has 144 valence electrons. The summed E-state index contributed by atoms with van der Waals surface area (Å²) in [5.41, 5.74) is 1.99. The fourth-order valence-electron chi connectivity index (χ4n) is 3.09. The van der Waals surface area contributed by atoms with Crippen molar-refractivity contribution in [3.05, 3.63) is 38.7 Å². The molecule has 1 aliphatic heterocycles. The van der Waals surface area contributed by atoms with Gasteiger partial charge < -0.3 is 19.5 Å². The number of phenols is 1. The van der Waals surface area contributed by atoms with Crippen molar-refractivity contribution in [1.82, 2.24) is 0 Å². The summed E-state index contributed by atoms with van der Waals surface area (Å²) in [5, 5.41) is 11.3. The molecule has 0 bridgehead atoms. The van der Waals surface area contributed by atoms with Gasteiger partial charge in [-0.1, -0.05) is 11.6 Å². The number of phenolic OH excluding ortho intramolecular Hbond substituents is 1. The molecule has 0 saturated carbocycles. The molecule has 0 spiro atoms. The number of ether oxygens (including phenoxy) is 2. The summed E-state index contributed by atoms with van der Waals surface area (Å²) in [5.74, 6) is -0.131. The number of halogens is 1. The number of aromatic hydroxyl groups is 1. The highest BCUT2D eigenvalue weighted by Gasteiger charge is 2.29. The molecule has 2 heterocycles. The molecule has 0 radical (unpaired) electrons. The lowest BCUT2D eigenvalue weighted by Crippen LogP contribution is -3.08. The van der Waals surface area contributed by atoms with Gasteiger partial charge in [0.05, 0.1) is 32.2 Å². The average molecular weight is 410 g/mol. The van der Waals surface area contributed by atoms with Crippen LogP contribution >= 0.6 is 22.9 Å². The van der Waals surface area contributed by atoms with Crippen LogP contribution in [0.5, 0.6) is 11.5 Å². The van der Waals surface area contributed by atoms with Crippen LogP contribution in [0.25, 0.3) is 0 Å². The van der Waals surface area contributed by atoms with Gasteiger partial charge in [0.2, 0.25) is 0 Å². The number of carbonyl (C=O) groups is 1. The van der Waals surface area contributed by atoms with E-state index in [0.29, 0.717) is 27.8 Å². The molecule has 1 aromatic carbocycles. The number of quaternary nitrogens is 1. The average Bonchev–Trinajstić information content (AvgIpc) is 2.99. The lowest BCUT2D eigenvalue weighted by Gasteiger charge is -2.19. The van der Waals surface area contributed by atoms with E-state index in [1.165, 1.54) is 35.6 Å². The lowest BCUT2D eigenvalue weighted by molar-refractivity contribution is -0.895. The van der Waals surface area contributed by atoms with Gasteiger partial charge in [0.15, 0.2) is 11.5 Å². The van der Waals surface area contributed by atoms with E-state index < -0.39 is 0 Å². The van der Waals surface area contributed by atoms with E-state index in [0.717, 1.165) is 30.0 Å². The number of esters is 1. The van der Waals surface area contributed by atoms with E-state index in [9.17, 15) is 9.90 Å². The van der Waals surface area contributed by atoms with Gasteiger partial charge in [-0.15, -0.1) is 11.3 Å². The number of rotatable bonds is 5. The number of carbonyl (C=O) groups excluding carboxylic acids is 1. The predicted octanol–water partition coefficient (Wildman–Crippen LogP) is 2.61. The second-order valence-electron chi connectivity index (χ2n) is 6.34. The Morgan fingerprint density at radius 3 is 2.96 bits per heavy atom. The van der Waals surface area contributed by atoms with E-state index >= 15 is 0 Å². The van der Waals surface area contributed by atoms with Crippen molar-refractivity contribution in [1.29, 1.82) is 0 Å². The Balaban J connectivity index is 2.03. The van der Waals surface area contributed by atoms with Crippen molar-refractivity contribution in [2.75, 3.05) is 27.3 Å². The van der Waals surface area contributed by atoms with Gasteiger partial charge in [0.1, 0.15) is 17.1 Å². The monoisotopic (exact) mass is 409 g/mol. The molecule has 1 aromatic heterocycles. The molecule has 0 fully saturated rings. The van der Waals surface area contributed by atoms with Crippen LogP contribution in [0.3, 0.4) is 0 Å². The van der Waals surface area contributed by atoms with Crippen molar-refractivity contribution in [3.63, 3.8) is 0 Å². The van der Waals surface area contributed by atoms with E-state index in [-0.39, 0.29) is 17.5 Å². The second-order valence-corrected chi connectivity index (χ2v) is 7.86. The normalized spacial score (nSPS) is 16.4. The number of nitrogens with one attached hydrogen (secondary N) is 1. The van der Waals surface area contributed by atoms with Crippen molar-refractivity contribution >= 4 is 40.1 Å². The highest BCUT2D eigenvalue weighted by molar-refractivity contribution is 7.16.